The van der Waals surface area contributed by atoms with Crippen LogP contribution in [0.1, 0.15) is 11.1 Å². The second-order valence-corrected chi connectivity index (χ2v) is 26.4. The zero-order valence-electron chi connectivity index (χ0n) is 17.0. The van der Waals surface area contributed by atoms with E-state index >= 15 is 0 Å². The van der Waals surface area contributed by atoms with Crippen molar-refractivity contribution in [2.45, 2.75) is 39.3 Å². The third kappa shape index (κ3) is 3.85. The second kappa shape index (κ2) is 7.20. The van der Waals surface area contributed by atoms with Crippen molar-refractivity contribution < 1.29 is 0 Å². The van der Waals surface area contributed by atoms with Crippen LogP contribution in [0.4, 0.5) is 0 Å². The Morgan fingerprint density at radius 2 is 0.852 bits per heavy atom. The van der Waals surface area contributed by atoms with Gasteiger partial charge in [-0.05, 0) is 22.3 Å². The Balaban J connectivity index is 2.48. The number of benzene rings is 2. The largest absolute Gasteiger partial charge is 0.296 e. The molecular weight excluding hydrogens is 419 g/mol. The molecule has 0 aromatic heterocycles. The van der Waals surface area contributed by atoms with Crippen molar-refractivity contribution in [3.8, 4) is 0 Å². The first kappa shape index (κ1) is 20.9. The van der Waals surface area contributed by atoms with Crippen LogP contribution in [0, 0.1) is 0 Å². The summed E-state index contributed by atoms with van der Waals surface area (Å²) in [5.74, 6) is 0. The van der Waals surface area contributed by atoms with Gasteiger partial charge in [0.25, 0.3) is 6.69 Å². The Hall–Kier alpha value is -0.849. The van der Waals surface area contributed by atoms with Gasteiger partial charge in [0.1, 0.15) is 0 Å². The average molecular weight is 448 g/mol. The molecule has 0 unspecified atom stereocenters. The van der Waals surface area contributed by atoms with E-state index in [4.69, 9.17) is 22.2 Å². The molecule has 3 rings (SSSR count). The van der Waals surface area contributed by atoms with Crippen LogP contribution in [0.5, 0.6) is 0 Å². The van der Waals surface area contributed by atoms with Gasteiger partial charge in [0.15, 0.2) is 0 Å². The van der Waals surface area contributed by atoms with E-state index in [2.05, 4.69) is 99.9 Å². The number of halogens is 2. The van der Waals surface area contributed by atoms with Gasteiger partial charge in [-0.15, -0.1) is 22.2 Å². The van der Waals surface area contributed by atoms with E-state index in [-0.39, 0.29) is 0 Å². The van der Waals surface area contributed by atoms with Crippen molar-refractivity contribution >= 4 is 56.1 Å². The average Bonchev–Trinajstić information content (AvgIpc) is 2.84. The van der Waals surface area contributed by atoms with Gasteiger partial charge in [-0.1, -0.05) is 110 Å². The Labute approximate surface area is 176 Å². The molecular formula is C22H28Cl2Si3. The number of allylic oxidation sites excluding steroid dienone is 2. The molecule has 0 fully saturated rings. The van der Waals surface area contributed by atoms with Gasteiger partial charge < -0.3 is 0 Å². The van der Waals surface area contributed by atoms with Crippen LogP contribution in [0.2, 0.25) is 39.3 Å². The first-order valence-corrected chi connectivity index (χ1v) is 20.5. The van der Waals surface area contributed by atoms with Gasteiger partial charge in [0, 0.05) is 0 Å². The molecule has 0 saturated heterocycles. The van der Waals surface area contributed by atoms with E-state index < -0.39 is 22.8 Å². The summed E-state index contributed by atoms with van der Waals surface area (Å²) in [5, 5.41) is 0. The normalized spacial score (nSPS) is 17.6. The standard InChI is InChI=1S/C22H28Cl2Si3/c1-25(2,3)21-19(17-13-9-7-10-14-17)20(18-15-11-8-12-16-18)22(26(4,5)6)27(21,23)24/h7-16H,1-6H3. The van der Waals surface area contributed by atoms with Gasteiger partial charge in [-0.3, -0.25) is 0 Å². The van der Waals surface area contributed by atoms with Crippen LogP contribution >= 0.6 is 22.2 Å². The molecule has 0 bridgehead atoms. The smallest absolute Gasteiger partial charge is 0.135 e. The second-order valence-electron chi connectivity index (χ2n) is 9.31. The lowest BCUT2D eigenvalue weighted by atomic mass is 9.95. The molecule has 142 valence electrons. The summed E-state index contributed by atoms with van der Waals surface area (Å²) in [6.07, 6.45) is 0. The van der Waals surface area contributed by atoms with E-state index in [1.54, 1.807) is 0 Å². The monoisotopic (exact) mass is 446 g/mol. The predicted molar refractivity (Wildman–Crippen MR) is 131 cm³/mol. The van der Waals surface area contributed by atoms with Gasteiger partial charge >= 0.3 is 0 Å². The van der Waals surface area contributed by atoms with Crippen molar-refractivity contribution in [3.63, 3.8) is 0 Å². The molecule has 5 heteroatoms. The lowest BCUT2D eigenvalue weighted by Gasteiger charge is -2.33. The Bertz CT molecular complexity index is 825. The van der Waals surface area contributed by atoms with E-state index in [1.807, 2.05) is 0 Å². The summed E-state index contributed by atoms with van der Waals surface area (Å²) in [4.78, 5) is 2.78. The van der Waals surface area contributed by atoms with E-state index in [1.165, 1.54) is 31.9 Å². The Kier molecular flexibility index (Phi) is 5.56. The molecule has 1 aliphatic rings. The summed E-state index contributed by atoms with van der Waals surface area (Å²) < 4.78 is 0. The maximum atomic E-state index is 7.42. The number of hydrogen-bond acceptors (Lipinski definition) is 0. The summed E-state index contributed by atoms with van der Waals surface area (Å²) in [5.41, 5.74) is 5.16. The molecule has 2 aromatic carbocycles. The minimum atomic E-state index is -2.73. The Morgan fingerprint density at radius 1 is 0.556 bits per heavy atom. The fourth-order valence-electron chi connectivity index (χ4n) is 4.17. The summed E-state index contributed by atoms with van der Waals surface area (Å²) in [7, 11) is -3.49. The molecule has 0 N–H and O–H groups in total. The third-order valence-electron chi connectivity index (χ3n) is 5.00. The van der Waals surface area contributed by atoms with E-state index in [0.29, 0.717) is 0 Å². The van der Waals surface area contributed by atoms with Crippen molar-refractivity contribution in [2.24, 2.45) is 0 Å². The topological polar surface area (TPSA) is 0 Å². The molecule has 0 amide bonds. The third-order valence-corrected chi connectivity index (χ3v) is 21.2. The minimum absolute atomic E-state index is 1.25. The van der Waals surface area contributed by atoms with Gasteiger partial charge in [0.2, 0.25) is 0 Å². The van der Waals surface area contributed by atoms with E-state index in [0.717, 1.165) is 0 Å². The maximum absolute atomic E-state index is 7.42. The lowest BCUT2D eigenvalue weighted by molar-refractivity contribution is 1.58. The quantitative estimate of drug-likeness (QED) is 0.333. The van der Waals surface area contributed by atoms with Crippen LogP contribution in [0.25, 0.3) is 11.1 Å². The summed E-state index contributed by atoms with van der Waals surface area (Å²) in [6.45, 7) is 11.6. The van der Waals surface area contributed by atoms with Crippen LogP contribution in [-0.2, 0) is 0 Å². The molecule has 0 radical (unpaired) electrons. The number of rotatable bonds is 4. The molecule has 1 aliphatic heterocycles. The minimum Gasteiger partial charge on any atom is -0.135 e. The predicted octanol–water partition coefficient (Wildman–Crippen LogP) is 7.66. The highest BCUT2D eigenvalue weighted by atomic mass is 35.7. The van der Waals surface area contributed by atoms with Crippen LogP contribution in [0.3, 0.4) is 0 Å². The van der Waals surface area contributed by atoms with Crippen LogP contribution in [-0.4, -0.2) is 22.8 Å². The van der Waals surface area contributed by atoms with Gasteiger partial charge in [-0.25, -0.2) is 0 Å². The zero-order chi connectivity index (χ0) is 20.0. The molecule has 2 aromatic rings. The highest BCUT2D eigenvalue weighted by molar-refractivity contribution is 7.58. The van der Waals surface area contributed by atoms with Crippen molar-refractivity contribution in [1.82, 2.24) is 0 Å². The molecule has 0 spiro atoms. The van der Waals surface area contributed by atoms with Crippen molar-refractivity contribution in [2.75, 3.05) is 0 Å². The highest BCUT2D eigenvalue weighted by Crippen LogP contribution is 2.56. The van der Waals surface area contributed by atoms with Crippen molar-refractivity contribution in [3.05, 3.63) is 81.4 Å². The fraction of sp³-hybridized carbons (Fsp3) is 0.273. The first-order chi connectivity index (χ1) is 12.5. The van der Waals surface area contributed by atoms with Gasteiger partial charge in [-0.2, -0.15) is 0 Å². The summed E-state index contributed by atoms with van der Waals surface area (Å²) >= 11 is 14.8. The Morgan fingerprint density at radius 3 is 1.11 bits per heavy atom. The zero-order valence-corrected chi connectivity index (χ0v) is 21.5. The first-order valence-electron chi connectivity index (χ1n) is 9.45. The van der Waals surface area contributed by atoms with E-state index in [9.17, 15) is 0 Å². The van der Waals surface area contributed by atoms with Crippen molar-refractivity contribution in [1.29, 1.82) is 0 Å². The fourth-order valence-corrected chi connectivity index (χ4v) is 27.6. The molecule has 0 saturated carbocycles. The van der Waals surface area contributed by atoms with Crippen LogP contribution < -0.4 is 0 Å². The molecule has 0 nitrogen and oxygen atoms in total. The summed E-state index contributed by atoms with van der Waals surface area (Å²) in [6, 6.07) is 21.5. The molecule has 0 atom stereocenters. The SMILES string of the molecule is C[Si](C)(C)C1=C(c2ccccc2)C(c2ccccc2)=C([Si](C)(C)C)[Si]1(Cl)Cl. The van der Waals surface area contributed by atoms with Gasteiger partial charge in [0.05, 0.1) is 16.1 Å². The lowest BCUT2D eigenvalue weighted by Crippen LogP contribution is -2.45. The molecule has 27 heavy (non-hydrogen) atoms. The maximum Gasteiger partial charge on any atom is 0.296 e. The highest BCUT2D eigenvalue weighted by Gasteiger charge is 2.55. The number of hydrogen-bond donors (Lipinski definition) is 0. The molecule has 1 heterocycles. The van der Waals surface area contributed by atoms with Crippen LogP contribution in [0.15, 0.2) is 70.3 Å². The molecule has 0 aliphatic carbocycles.